The minimum absolute atomic E-state index is 0.270. The lowest BCUT2D eigenvalue weighted by molar-refractivity contribution is 0.0606. The Balaban J connectivity index is 1.61. The molecule has 0 unspecified atom stereocenters. The van der Waals surface area contributed by atoms with Crippen molar-refractivity contribution >= 4 is 28.3 Å². The number of carbonyl (C=O) groups excluding carboxylic acids is 1. The van der Waals surface area contributed by atoms with Crippen LogP contribution in [0.4, 0.5) is 0 Å². The van der Waals surface area contributed by atoms with Gasteiger partial charge in [0.25, 0.3) is 0 Å². The number of thiophene rings is 1. The molecule has 0 radical (unpaired) electrons. The van der Waals surface area contributed by atoms with Gasteiger partial charge in [0.05, 0.1) is 12.6 Å². The van der Waals surface area contributed by atoms with E-state index in [4.69, 9.17) is 4.74 Å². The van der Waals surface area contributed by atoms with E-state index in [2.05, 4.69) is 10.3 Å². The number of benzene rings is 1. The van der Waals surface area contributed by atoms with Crippen LogP contribution >= 0.6 is 11.3 Å². The van der Waals surface area contributed by atoms with Gasteiger partial charge in [-0.1, -0.05) is 17.3 Å². The molecule has 0 aliphatic rings. The van der Waals surface area contributed by atoms with Gasteiger partial charge >= 0.3 is 5.97 Å². The van der Waals surface area contributed by atoms with Crippen LogP contribution in [0.1, 0.15) is 21.0 Å². The molecule has 3 aromatic rings. The van der Waals surface area contributed by atoms with Crippen LogP contribution in [0.2, 0.25) is 0 Å². The summed E-state index contributed by atoms with van der Waals surface area (Å²) in [6.07, 6.45) is 1.87. The van der Waals surface area contributed by atoms with Crippen molar-refractivity contribution in [2.24, 2.45) is 0 Å². The maximum Gasteiger partial charge on any atom is 0.348 e. The zero-order valence-corrected chi connectivity index (χ0v) is 12.5. The van der Waals surface area contributed by atoms with Crippen molar-refractivity contribution in [2.45, 2.75) is 19.4 Å². The number of rotatable bonds is 5. The highest BCUT2D eigenvalue weighted by Crippen LogP contribution is 2.19. The summed E-state index contributed by atoms with van der Waals surface area (Å²) < 4.78 is 6.63. The normalized spacial score (nSPS) is 10.9. The Morgan fingerprint density at radius 2 is 2.14 bits per heavy atom. The second-order valence-electron chi connectivity index (χ2n) is 4.66. The van der Waals surface area contributed by atoms with Gasteiger partial charge in [-0.2, -0.15) is 0 Å². The first-order chi connectivity index (χ1) is 10.3. The van der Waals surface area contributed by atoms with Crippen LogP contribution in [0, 0.1) is 0 Å². The van der Waals surface area contributed by atoms with Gasteiger partial charge in [0, 0.05) is 11.4 Å². The van der Waals surface area contributed by atoms with Crippen LogP contribution in [0.15, 0.2) is 36.4 Å². The molecular weight excluding hydrogens is 286 g/mol. The molecule has 0 aliphatic carbocycles. The minimum Gasteiger partial charge on any atom is -0.465 e. The molecule has 1 aromatic carbocycles. The van der Waals surface area contributed by atoms with Crippen molar-refractivity contribution in [1.82, 2.24) is 15.0 Å². The maximum absolute atomic E-state index is 11.4. The Kier molecular flexibility index (Phi) is 3.96. The molecule has 3 rings (SSSR count). The van der Waals surface area contributed by atoms with Crippen molar-refractivity contribution < 1.29 is 9.53 Å². The fraction of sp³-hybridized carbons (Fsp3) is 0.267. The second kappa shape index (κ2) is 6.05. The standard InChI is InChI=1S/C15H15N3O2S/c1-20-15(19)14-9-8-11(21-14)5-4-10-18-13-7-3-2-6-12(13)16-17-18/h2-3,6-9H,4-5,10H2,1H3. The number of esters is 1. The van der Waals surface area contributed by atoms with E-state index in [1.54, 1.807) is 0 Å². The van der Waals surface area contributed by atoms with E-state index in [0.29, 0.717) is 4.88 Å². The molecule has 2 aromatic heterocycles. The lowest BCUT2D eigenvalue weighted by Crippen LogP contribution is -2.01. The Morgan fingerprint density at radius 3 is 3.00 bits per heavy atom. The van der Waals surface area contributed by atoms with Crippen molar-refractivity contribution in [3.8, 4) is 0 Å². The SMILES string of the molecule is COC(=O)c1ccc(CCCn2nnc3ccccc32)s1. The second-order valence-corrected chi connectivity index (χ2v) is 5.83. The summed E-state index contributed by atoms with van der Waals surface area (Å²) >= 11 is 1.49. The number of nitrogens with zero attached hydrogens (tertiary/aromatic N) is 3. The molecule has 0 aliphatic heterocycles. The average molecular weight is 301 g/mol. The van der Waals surface area contributed by atoms with Crippen molar-refractivity contribution in [2.75, 3.05) is 7.11 Å². The van der Waals surface area contributed by atoms with Crippen molar-refractivity contribution in [3.05, 3.63) is 46.2 Å². The number of methoxy groups -OCH3 is 1. The fourth-order valence-electron chi connectivity index (χ4n) is 2.21. The van der Waals surface area contributed by atoms with Gasteiger partial charge < -0.3 is 4.74 Å². The summed E-state index contributed by atoms with van der Waals surface area (Å²) in [5.41, 5.74) is 1.97. The van der Waals surface area contributed by atoms with Crippen LogP contribution in [-0.4, -0.2) is 28.1 Å². The Morgan fingerprint density at radius 1 is 1.29 bits per heavy atom. The number of ether oxygens (including phenoxy) is 1. The highest BCUT2D eigenvalue weighted by molar-refractivity contribution is 7.13. The lowest BCUT2D eigenvalue weighted by Gasteiger charge is -2.01. The molecule has 0 atom stereocenters. The van der Waals surface area contributed by atoms with Crippen LogP contribution in [0.3, 0.4) is 0 Å². The average Bonchev–Trinajstić information content (AvgIpc) is 3.14. The van der Waals surface area contributed by atoms with Crippen LogP contribution < -0.4 is 0 Å². The highest BCUT2D eigenvalue weighted by Gasteiger charge is 2.09. The summed E-state index contributed by atoms with van der Waals surface area (Å²) in [6.45, 7) is 0.811. The van der Waals surface area contributed by atoms with Crippen LogP contribution in [-0.2, 0) is 17.7 Å². The van der Waals surface area contributed by atoms with Gasteiger partial charge in [0.15, 0.2) is 0 Å². The van der Waals surface area contributed by atoms with Gasteiger partial charge in [-0.3, -0.25) is 0 Å². The molecule has 0 saturated carbocycles. The monoisotopic (exact) mass is 301 g/mol. The Hall–Kier alpha value is -2.21. The van der Waals surface area contributed by atoms with Crippen LogP contribution in [0.5, 0.6) is 0 Å². The molecule has 108 valence electrons. The molecule has 0 amide bonds. The highest BCUT2D eigenvalue weighted by atomic mass is 32.1. The van der Waals surface area contributed by atoms with Gasteiger partial charge in [-0.25, -0.2) is 9.48 Å². The van der Waals surface area contributed by atoms with Gasteiger partial charge in [0.1, 0.15) is 10.4 Å². The largest absolute Gasteiger partial charge is 0.465 e. The number of aryl methyl sites for hydroxylation is 2. The van der Waals surface area contributed by atoms with E-state index >= 15 is 0 Å². The van der Waals surface area contributed by atoms with E-state index in [-0.39, 0.29) is 5.97 Å². The molecular formula is C15H15N3O2S. The summed E-state index contributed by atoms with van der Waals surface area (Å²) in [4.78, 5) is 13.2. The molecule has 0 spiro atoms. The smallest absolute Gasteiger partial charge is 0.348 e. The van der Waals surface area contributed by atoms with Gasteiger partial charge in [0.2, 0.25) is 0 Å². The molecule has 5 nitrogen and oxygen atoms in total. The molecule has 21 heavy (non-hydrogen) atoms. The Labute approximate surface area is 126 Å². The predicted molar refractivity (Wildman–Crippen MR) is 81.5 cm³/mol. The maximum atomic E-state index is 11.4. The third-order valence-corrected chi connectivity index (χ3v) is 4.39. The van der Waals surface area contributed by atoms with E-state index in [1.165, 1.54) is 23.3 Å². The molecule has 2 heterocycles. The predicted octanol–water partition coefficient (Wildman–Crippen LogP) is 2.91. The van der Waals surface area contributed by atoms with E-state index in [0.717, 1.165) is 30.4 Å². The summed E-state index contributed by atoms with van der Waals surface area (Å²) in [5.74, 6) is -0.270. The zero-order valence-electron chi connectivity index (χ0n) is 11.7. The summed E-state index contributed by atoms with van der Waals surface area (Å²) in [6, 6.07) is 11.7. The number of hydrogen-bond donors (Lipinski definition) is 0. The number of hydrogen-bond acceptors (Lipinski definition) is 5. The minimum atomic E-state index is -0.270. The van der Waals surface area contributed by atoms with Crippen LogP contribution in [0.25, 0.3) is 11.0 Å². The third-order valence-electron chi connectivity index (χ3n) is 3.26. The molecule has 0 fully saturated rings. The first-order valence-corrected chi connectivity index (χ1v) is 7.55. The number of carbonyl (C=O) groups is 1. The topological polar surface area (TPSA) is 57.0 Å². The van der Waals surface area contributed by atoms with Gasteiger partial charge in [-0.15, -0.1) is 16.4 Å². The first-order valence-electron chi connectivity index (χ1n) is 6.73. The Bertz CT molecular complexity index is 763. The van der Waals surface area contributed by atoms with Crippen molar-refractivity contribution in [1.29, 1.82) is 0 Å². The van der Waals surface area contributed by atoms with E-state index in [1.807, 2.05) is 41.1 Å². The van der Waals surface area contributed by atoms with Gasteiger partial charge in [-0.05, 0) is 37.1 Å². The van der Waals surface area contributed by atoms with Crippen molar-refractivity contribution in [3.63, 3.8) is 0 Å². The number of para-hydroxylation sites is 1. The molecule has 0 saturated heterocycles. The zero-order chi connectivity index (χ0) is 14.7. The third kappa shape index (κ3) is 2.95. The molecule has 0 N–H and O–H groups in total. The lowest BCUT2D eigenvalue weighted by atomic mass is 10.2. The number of aromatic nitrogens is 3. The van der Waals surface area contributed by atoms with E-state index in [9.17, 15) is 4.79 Å². The van der Waals surface area contributed by atoms with E-state index < -0.39 is 0 Å². The summed E-state index contributed by atoms with van der Waals surface area (Å²) in [7, 11) is 1.40. The number of fused-ring (bicyclic) bond motifs is 1. The quantitative estimate of drug-likeness (QED) is 0.680. The molecule has 6 heteroatoms. The fourth-order valence-corrected chi connectivity index (χ4v) is 3.18. The molecule has 0 bridgehead atoms. The summed E-state index contributed by atoms with van der Waals surface area (Å²) in [5, 5.41) is 8.31. The first kappa shape index (κ1) is 13.8.